The second-order valence-electron chi connectivity index (χ2n) is 7.47. The first-order chi connectivity index (χ1) is 14.4. The highest BCUT2D eigenvalue weighted by Crippen LogP contribution is 2.44. The lowest BCUT2D eigenvalue weighted by molar-refractivity contribution is -0.132. The minimum Gasteiger partial charge on any atom is -0.476 e. The van der Waals surface area contributed by atoms with E-state index in [4.69, 9.17) is 15.5 Å². The summed E-state index contributed by atoms with van der Waals surface area (Å²) in [6.45, 7) is 4.58. The second-order valence-corrected chi connectivity index (χ2v) is 7.47. The molecule has 2 aliphatic rings. The van der Waals surface area contributed by atoms with Gasteiger partial charge in [0.2, 0.25) is 17.7 Å². The number of nitrogens with two attached hydrogens (primary N) is 1. The van der Waals surface area contributed by atoms with Gasteiger partial charge in [0.15, 0.2) is 5.96 Å². The average molecular weight is 412 g/mol. The van der Waals surface area contributed by atoms with E-state index in [0.29, 0.717) is 25.5 Å². The summed E-state index contributed by atoms with van der Waals surface area (Å²) >= 11 is 0. The zero-order chi connectivity index (χ0) is 21.5. The lowest BCUT2D eigenvalue weighted by Gasteiger charge is -2.37. The monoisotopic (exact) mass is 412 g/mol. The summed E-state index contributed by atoms with van der Waals surface area (Å²) in [5.41, 5.74) is 6.41. The van der Waals surface area contributed by atoms with E-state index in [-0.39, 0.29) is 30.0 Å². The first-order valence-electron chi connectivity index (χ1n) is 10.0. The average Bonchev–Trinajstić information content (AvgIpc) is 3.15. The molecule has 2 N–H and O–H groups in total. The van der Waals surface area contributed by atoms with Gasteiger partial charge >= 0.3 is 0 Å². The predicted molar refractivity (Wildman–Crippen MR) is 111 cm³/mol. The normalized spacial score (nSPS) is 23.4. The van der Waals surface area contributed by atoms with Crippen LogP contribution in [0.15, 0.2) is 35.3 Å². The summed E-state index contributed by atoms with van der Waals surface area (Å²) < 4.78 is 19.9. The standard InChI is InChI=1S/C21H25FN6O2/c1-4-15-16(22)17(30-5-2)25-20(24-15)28-11-14-18(29)27(3)19(23)26-21(14,12-28)13-9-7-6-8-10-13/h6-10,14H,4-5,11-12H2,1-3H3,(H2,23,26)/t14-,21+/m0/s1. The van der Waals surface area contributed by atoms with Crippen LogP contribution in [0.25, 0.3) is 0 Å². The fraction of sp³-hybridized carbons (Fsp3) is 0.429. The molecular formula is C21H25FN6O2. The van der Waals surface area contributed by atoms with Crippen LogP contribution in [0.2, 0.25) is 0 Å². The van der Waals surface area contributed by atoms with Crippen molar-refractivity contribution in [2.45, 2.75) is 25.8 Å². The number of carbonyl (C=O) groups is 1. The highest BCUT2D eigenvalue weighted by atomic mass is 19.1. The fourth-order valence-corrected chi connectivity index (χ4v) is 4.16. The Morgan fingerprint density at radius 3 is 2.67 bits per heavy atom. The number of halogens is 1. The van der Waals surface area contributed by atoms with Crippen molar-refractivity contribution in [1.29, 1.82) is 0 Å². The van der Waals surface area contributed by atoms with Crippen molar-refractivity contribution in [2.24, 2.45) is 16.6 Å². The van der Waals surface area contributed by atoms with Crippen molar-refractivity contribution in [2.75, 3.05) is 31.6 Å². The first-order valence-corrected chi connectivity index (χ1v) is 10.0. The molecule has 158 valence electrons. The number of aromatic nitrogens is 2. The number of hydrogen-bond acceptors (Lipinski definition) is 7. The predicted octanol–water partition coefficient (Wildman–Crippen LogP) is 1.70. The van der Waals surface area contributed by atoms with Gasteiger partial charge in [-0.1, -0.05) is 37.3 Å². The number of hydrogen-bond donors (Lipinski definition) is 1. The number of ether oxygens (including phenoxy) is 1. The maximum absolute atomic E-state index is 14.6. The second kappa shape index (κ2) is 7.55. The van der Waals surface area contributed by atoms with Crippen LogP contribution >= 0.6 is 0 Å². The van der Waals surface area contributed by atoms with Crippen molar-refractivity contribution in [3.8, 4) is 5.88 Å². The van der Waals surface area contributed by atoms with Crippen LogP contribution in [0.4, 0.5) is 10.3 Å². The zero-order valence-electron chi connectivity index (χ0n) is 17.3. The Morgan fingerprint density at radius 2 is 2.00 bits per heavy atom. The molecule has 0 saturated carbocycles. The molecule has 8 nitrogen and oxygen atoms in total. The van der Waals surface area contributed by atoms with Gasteiger partial charge in [0.1, 0.15) is 5.54 Å². The summed E-state index contributed by atoms with van der Waals surface area (Å²) in [5.74, 6) is -0.704. The zero-order valence-corrected chi connectivity index (χ0v) is 17.3. The number of fused-ring (bicyclic) bond motifs is 1. The van der Waals surface area contributed by atoms with Gasteiger partial charge in [0, 0.05) is 13.6 Å². The van der Waals surface area contributed by atoms with Gasteiger partial charge in [0.25, 0.3) is 5.88 Å². The smallest absolute Gasteiger partial charge is 0.255 e. The molecule has 9 heteroatoms. The van der Waals surface area contributed by atoms with Gasteiger partial charge in [0.05, 0.1) is 24.8 Å². The van der Waals surface area contributed by atoms with E-state index in [1.54, 1.807) is 14.0 Å². The van der Waals surface area contributed by atoms with Crippen LogP contribution in [-0.2, 0) is 16.8 Å². The largest absolute Gasteiger partial charge is 0.476 e. The lowest BCUT2D eigenvalue weighted by Crippen LogP contribution is -2.54. The van der Waals surface area contributed by atoms with Gasteiger partial charge < -0.3 is 15.4 Å². The van der Waals surface area contributed by atoms with E-state index in [1.807, 2.05) is 42.2 Å². The minimum atomic E-state index is -0.856. The van der Waals surface area contributed by atoms with E-state index in [0.717, 1.165) is 5.56 Å². The van der Waals surface area contributed by atoms with Crippen LogP contribution in [0.1, 0.15) is 25.1 Å². The summed E-state index contributed by atoms with van der Waals surface area (Å²) in [4.78, 5) is 29.9. The molecule has 0 unspecified atom stereocenters. The molecule has 30 heavy (non-hydrogen) atoms. The van der Waals surface area contributed by atoms with Gasteiger partial charge in [-0.3, -0.25) is 9.69 Å². The van der Waals surface area contributed by atoms with E-state index in [9.17, 15) is 9.18 Å². The van der Waals surface area contributed by atoms with Gasteiger partial charge in [-0.05, 0) is 18.9 Å². The number of anilines is 1. The third-order valence-electron chi connectivity index (χ3n) is 5.75. The quantitative estimate of drug-likeness (QED) is 0.803. The van der Waals surface area contributed by atoms with Crippen molar-refractivity contribution >= 4 is 17.8 Å². The van der Waals surface area contributed by atoms with Crippen LogP contribution in [0.3, 0.4) is 0 Å². The summed E-state index contributed by atoms with van der Waals surface area (Å²) in [5, 5.41) is 0. The van der Waals surface area contributed by atoms with Crippen molar-refractivity contribution in [3.05, 3.63) is 47.4 Å². The first kappa shape index (κ1) is 20.1. The molecule has 2 aromatic rings. The maximum Gasteiger partial charge on any atom is 0.255 e. The topological polar surface area (TPSA) is 96.9 Å². The highest BCUT2D eigenvalue weighted by molar-refractivity contribution is 6.01. The number of rotatable bonds is 5. The fourth-order valence-electron chi connectivity index (χ4n) is 4.16. The van der Waals surface area contributed by atoms with Crippen LogP contribution in [-0.4, -0.2) is 53.5 Å². The Kier molecular flexibility index (Phi) is 5.05. The molecule has 2 aliphatic heterocycles. The molecule has 0 radical (unpaired) electrons. The molecule has 1 aromatic heterocycles. The molecule has 3 heterocycles. The third-order valence-corrected chi connectivity index (χ3v) is 5.75. The van der Waals surface area contributed by atoms with E-state index < -0.39 is 17.3 Å². The number of carbonyl (C=O) groups excluding carboxylic acids is 1. The molecule has 0 spiro atoms. The van der Waals surface area contributed by atoms with Crippen LogP contribution < -0.4 is 15.4 Å². The van der Waals surface area contributed by atoms with E-state index >= 15 is 0 Å². The number of aryl methyl sites for hydroxylation is 1. The van der Waals surface area contributed by atoms with Crippen LogP contribution in [0, 0.1) is 11.7 Å². The molecule has 4 rings (SSSR count). The number of aliphatic imine (C=N–C) groups is 1. The maximum atomic E-state index is 14.6. The molecule has 1 amide bonds. The SMILES string of the molecule is CCOc1nc(N2C[C@H]3C(=O)N(C)C(N)=N[C@@]3(c3ccccc3)C2)nc(CC)c1F. The van der Waals surface area contributed by atoms with Gasteiger partial charge in [-0.2, -0.15) is 9.37 Å². The van der Waals surface area contributed by atoms with E-state index in [1.165, 1.54) is 4.90 Å². The lowest BCUT2D eigenvalue weighted by atomic mass is 9.79. The molecule has 1 saturated heterocycles. The van der Waals surface area contributed by atoms with Gasteiger partial charge in [-0.25, -0.2) is 9.98 Å². The minimum absolute atomic E-state index is 0.0746. The Hall–Kier alpha value is -3.23. The Bertz CT molecular complexity index is 998. The number of nitrogens with zero attached hydrogens (tertiary/aromatic N) is 5. The molecule has 0 aliphatic carbocycles. The number of amides is 1. The highest BCUT2D eigenvalue weighted by Gasteiger charge is 2.56. The van der Waals surface area contributed by atoms with Crippen molar-refractivity contribution in [3.63, 3.8) is 0 Å². The molecule has 1 aromatic carbocycles. The summed E-state index contributed by atoms with van der Waals surface area (Å²) in [6, 6.07) is 9.63. The van der Waals surface area contributed by atoms with E-state index in [2.05, 4.69) is 9.97 Å². The van der Waals surface area contributed by atoms with Crippen molar-refractivity contribution in [1.82, 2.24) is 14.9 Å². The van der Waals surface area contributed by atoms with Crippen LogP contribution in [0.5, 0.6) is 5.88 Å². The molecule has 2 atom stereocenters. The number of guanidine groups is 1. The van der Waals surface area contributed by atoms with Gasteiger partial charge in [-0.15, -0.1) is 0 Å². The Labute approximate surface area is 174 Å². The summed E-state index contributed by atoms with van der Waals surface area (Å²) in [6.07, 6.45) is 0.398. The molecular weight excluding hydrogens is 387 g/mol. The molecule has 1 fully saturated rings. The Balaban J connectivity index is 1.81. The number of benzene rings is 1. The van der Waals surface area contributed by atoms with Crippen molar-refractivity contribution < 1.29 is 13.9 Å². The third kappa shape index (κ3) is 3.05. The molecule has 0 bridgehead atoms. The summed E-state index contributed by atoms with van der Waals surface area (Å²) in [7, 11) is 1.62. The Morgan fingerprint density at radius 1 is 1.27 bits per heavy atom.